The third-order valence-corrected chi connectivity index (χ3v) is 6.76. The van der Waals surface area contributed by atoms with Crippen LogP contribution in [0.4, 0.5) is 0 Å². The van der Waals surface area contributed by atoms with Crippen molar-refractivity contribution in [3.8, 4) is 0 Å². The van der Waals surface area contributed by atoms with E-state index in [1.54, 1.807) is 0 Å². The lowest BCUT2D eigenvalue weighted by molar-refractivity contribution is -0.134. The number of hydrogen-bond donors (Lipinski definition) is 1. The van der Waals surface area contributed by atoms with E-state index in [-0.39, 0.29) is 17.6 Å². The predicted molar refractivity (Wildman–Crippen MR) is 118 cm³/mol. The molecule has 2 heteroatoms. The van der Waals surface area contributed by atoms with Crippen molar-refractivity contribution in [1.29, 1.82) is 0 Å². The Morgan fingerprint density at radius 2 is 1.62 bits per heavy atom. The summed E-state index contributed by atoms with van der Waals surface area (Å²) in [4.78, 5) is 13.7. The number of aliphatic hydroxyl groups is 1. The van der Waals surface area contributed by atoms with Crippen molar-refractivity contribution in [2.45, 2.75) is 63.9 Å². The molecule has 1 N–H and O–H groups in total. The molecule has 2 nitrogen and oxygen atoms in total. The number of carbonyl (C=O) groups excluding carboxylic acids is 1. The standard InChI is InChI=1S/C27H32O2/c1-19(2)17-25(28)26-23(20-11-5-3-6-12-20)18-21-13-9-10-16-24(21)27(26,29)22-14-7-4-8-15-22/h3-8,11-12,14-15,19,23,26,29H,9-10,13,16-18H2,1-2H3/t23-,26+,27+/m0/s1. The van der Waals surface area contributed by atoms with Crippen molar-refractivity contribution < 1.29 is 9.90 Å². The van der Waals surface area contributed by atoms with Gasteiger partial charge in [0.15, 0.2) is 0 Å². The Hall–Kier alpha value is -2.19. The fourth-order valence-corrected chi connectivity index (χ4v) is 5.56. The highest BCUT2D eigenvalue weighted by molar-refractivity contribution is 5.85. The smallest absolute Gasteiger partial charge is 0.140 e. The maximum Gasteiger partial charge on any atom is 0.140 e. The molecular weight excluding hydrogens is 356 g/mol. The van der Waals surface area contributed by atoms with Gasteiger partial charge in [-0.05, 0) is 54.7 Å². The largest absolute Gasteiger partial charge is 0.380 e. The molecule has 0 spiro atoms. The van der Waals surface area contributed by atoms with Crippen LogP contribution in [0, 0.1) is 11.8 Å². The van der Waals surface area contributed by atoms with E-state index in [9.17, 15) is 9.90 Å². The van der Waals surface area contributed by atoms with Crippen LogP contribution in [0.3, 0.4) is 0 Å². The highest BCUT2D eigenvalue weighted by Crippen LogP contribution is 2.55. The van der Waals surface area contributed by atoms with E-state index >= 15 is 0 Å². The third-order valence-electron chi connectivity index (χ3n) is 6.76. The van der Waals surface area contributed by atoms with Gasteiger partial charge in [0.1, 0.15) is 11.4 Å². The van der Waals surface area contributed by atoms with E-state index in [2.05, 4.69) is 26.0 Å². The Labute approximate surface area is 174 Å². The molecule has 0 aliphatic heterocycles. The zero-order chi connectivity index (χ0) is 20.4. The van der Waals surface area contributed by atoms with Gasteiger partial charge >= 0.3 is 0 Å². The number of rotatable bonds is 5. The fourth-order valence-electron chi connectivity index (χ4n) is 5.56. The molecule has 2 aliphatic carbocycles. The van der Waals surface area contributed by atoms with Gasteiger partial charge in [-0.3, -0.25) is 4.79 Å². The average molecular weight is 389 g/mol. The van der Waals surface area contributed by atoms with Crippen molar-refractivity contribution in [3.05, 3.63) is 82.9 Å². The van der Waals surface area contributed by atoms with Gasteiger partial charge in [-0.15, -0.1) is 0 Å². The summed E-state index contributed by atoms with van der Waals surface area (Å²) < 4.78 is 0. The first-order chi connectivity index (χ1) is 14.0. The van der Waals surface area contributed by atoms with Crippen molar-refractivity contribution in [3.63, 3.8) is 0 Å². The van der Waals surface area contributed by atoms with Crippen molar-refractivity contribution in [1.82, 2.24) is 0 Å². The first-order valence-electron chi connectivity index (χ1n) is 11.1. The Balaban J connectivity index is 1.92. The van der Waals surface area contributed by atoms with Gasteiger partial charge in [0, 0.05) is 12.3 Å². The molecule has 0 saturated heterocycles. The molecule has 152 valence electrons. The Morgan fingerprint density at radius 3 is 2.28 bits per heavy atom. The molecule has 2 aromatic rings. The predicted octanol–water partition coefficient (Wildman–Crippen LogP) is 6.16. The number of hydrogen-bond acceptors (Lipinski definition) is 2. The molecule has 3 atom stereocenters. The van der Waals surface area contributed by atoms with Crippen LogP contribution in [0.15, 0.2) is 71.8 Å². The molecule has 0 heterocycles. The van der Waals surface area contributed by atoms with E-state index in [1.165, 1.54) is 17.6 Å². The van der Waals surface area contributed by atoms with Crippen LogP contribution in [0.5, 0.6) is 0 Å². The van der Waals surface area contributed by atoms with E-state index in [1.807, 2.05) is 48.5 Å². The molecule has 0 aromatic heterocycles. The second-order valence-electron chi connectivity index (χ2n) is 9.18. The molecule has 0 unspecified atom stereocenters. The van der Waals surface area contributed by atoms with Gasteiger partial charge in [0.05, 0.1) is 5.92 Å². The minimum absolute atomic E-state index is 0.0181. The second kappa shape index (κ2) is 8.28. The lowest BCUT2D eigenvalue weighted by Crippen LogP contribution is -2.48. The molecule has 2 aliphatic rings. The summed E-state index contributed by atoms with van der Waals surface area (Å²) in [7, 11) is 0. The minimum atomic E-state index is -1.21. The van der Waals surface area contributed by atoms with Crippen LogP contribution in [0.25, 0.3) is 0 Å². The van der Waals surface area contributed by atoms with Gasteiger partial charge in [-0.2, -0.15) is 0 Å². The molecule has 0 saturated carbocycles. The number of ketones is 1. The highest BCUT2D eigenvalue weighted by atomic mass is 16.3. The molecule has 0 amide bonds. The van der Waals surface area contributed by atoms with E-state index in [0.29, 0.717) is 6.42 Å². The van der Waals surface area contributed by atoms with Gasteiger partial charge < -0.3 is 5.11 Å². The summed E-state index contributed by atoms with van der Waals surface area (Å²) in [5.74, 6) is 0.0501. The van der Waals surface area contributed by atoms with Crippen LogP contribution >= 0.6 is 0 Å². The molecule has 0 fully saturated rings. The zero-order valence-corrected chi connectivity index (χ0v) is 17.6. The normalized spacial score (nSPS) is 27.0. The molecular formula is C27H32O2. The van der Waals surface area contributed by atoms with E-state index in [4.69, 9.17) is 0 Å². The Morgan fingerprint density at radius 1 is 1.00 bits per heavy atom. The zero-order valence-electron chi connectivity index (χ0n) is 17.6. The van der Waals surface area contributed by atoms with Gasteiger partial charge in [0.2, 0.25) is 0 Å². The van der Waals surface area contributed by atoms with Gasteiger partial charge in [0.25, 0.3) is 0 Å². The summed E-state index contributed by atoms with van der Waals surface area (Å²) >= 11 is 0. The summed E-state index contributed by atoms with van der Waals surface area (Å²) in [5.41, 5.74) is 3.34. The van der Waals surface area contributed by atoms with Gasteiger partial charge in [-0.25, -0.2) is 0 Å². The van der Waals surface area contributed by atoms with Crippen LogP contribution in [0.2, 0.25) is 0 Å². The van der Waals surface area contributed by atoms with Crippen molar-refractivity contribution in [2.24, 2.45) is 11.8 Å². The summed E-state index contributed by atoms with van der Waals surface area (Å²) in [6.07, 6.45) is 5.60. The maximum atomic E-state index is 13.7. The SMILES string of the molecule is CC(C)CC(=O)[C@H]1[C@H](c2ccccc2)CC2=C(CCCC2)[C@]1(O)c1ccccc1. The summed E-state index contributed by atoms with van der Waals surface area (Å²) in [6, 6.07) is 20.3. The Kier molecular flexibility index (Phi) is 5.74. The fraction of sp³-hybridized carbons (Fsp3) is 0.444. The number of carbonyl (C=O) groups is 1. The Bertz CT molecular complexity index is 881. The minimum Gasteiger partial charge on any atom is -0.380 e. The topological polar surface area (TPSA) is 37.3 Å². The van der Waals surface area contributed by atoms with E-state index in [0.717, 1.165) is 36.8 Å². The number of Topliss-reactive ketones (excluding diaryl/α,β-unsaturated/α-hetero) is 1. The molecule has 2 aromatic carbocycles. The first kappa shape index (κ1) is 20.1. The second-order valence-corrected chi connectivity index (χ2v) is 9.18. The van der Waals surface area contributed by atoms with Crippen LogP contribution in [-0.2, 0) is 10.4 Å². The maximum absolute atomic E-state index is 13.7. The molecule has 4 rings (SSSR count). The summed E-state index contributed by atoms with van der Waals surface area (Å²) in [6.45, 7) is 4.18. The van der Waals surface area contributed by atoms with Crippen molar-refractivity contribution >= 4 is 5.78 Å². The van der Waals surface area contributed by atoms with Crippen LogP contribution in [0.1, 0.15) is 69.4 Å². The third kappa shape index (κ3) is 3.71. The number of benzene rings is 2. The van der Waals surface area contributed by atoms with Gasteiger partial charge in [-0.1, -0.05) is 80.1 Å². The first-order valence-corrected chi connectivity index (χ1v) is 11.1. The molecule has 0 radical (unpaired) electrons. The lowest BCUT2D eigenvalue weighted by Gasteiger charge is -2.48. The lowest BCUT2D eigenvalue weighted by atomic mass is 9.57. The molecule has 0 bridgehead atoms. The van der Waals surface area contributed by atoms with Crippen LogP contribution < -0.4 is 0 Å². The summed E-state index contributed by atoms with van der Waals surface area (Å²) in [5, 5.41) is 12.4. The number of allylic oxidation sites excluding steroid dienone is 1. The average Bonchev–Trinajstić information content (AvgIpc) is 2.74. The quantitative estimate of drug-likeness (QED) is 0.623. The highest BCUT2D eigenvalue weighted by Gasteiger charge is 2.53. The van der Waals surface area contributed by atoms with Crippen molar-refractivity contribution in [2.75, 3.05) is 0 Å². The van der Waals surface area contributed by atoms with E-state index < -0.39 is 11.5 Å². The molecule has 29 heavy (non-hydrogen) atoms. The van der Waals surface area contributed by atoms with Crippen LogP contribution in [-0.4, -0.2) is 10.9 Å². The monoisotopic (exact) mass is 388 g/mol.